The van der Waals surface area contributed by atoms with Crippen molar-refractivity contribution in [1.82, 2.24) is 29.2 Å². The molecule has 3 aromatic heterocycles. The molecule has 0 unspecified atom stereocenters. The molecule has 1 aliphatic rings. The zero-order chi connectivity index (χ0) is 16.7. The maximum absolute atomic E-state index is 13.0. The van der Waals surface area contributed by atoms with Crippen molar-refractivity contribution in [2.45, 2.75) is 20.0 Å². The van der Waals surface area contributed by atoms with E-state index in [4.69, 9.17) is 11.6 Å². The molecule has 0 fully saturated rings. The minimum Gasteiger partial charge on any atom is -0.328 e. The van der Waals surface area contributed by atoms with Gasteiger partial charge in [-0.3, -0.25) is 9.36 Å². The third kappa shape index (κ3) is 2.37. The van der Waals surface area contributed by atoms with Crippen LogP contribution in [0.15, 0.2) is 36.7 Å². The number of aromatic nitrogens is 5. The fourth-order valence-corrected chi connectivity index (χ4v) is 3.15. The minimum absolute atomic E-state index is 0.0753. The van der Waals surface area contributed by atoms with Gasteiger partial charge in [0, 0.05) is 25.5 Å². The predicted molar refractivity (Wildman–Crippen MR) is 88.1 cm³/mol. The monoisotopic (exact) mass is 342 g/mol. The van der Waals surface area contributed by atoms with Crippen LogP contribution in [0.2, 0.25) is 5.02 Å². The first-order valence-corrected chi connectivity index (χ1v) is 7.99. The number of pyridine rings is 1. The van der Waals surface area contributed by atoms with E-state index in [1.807, 2.05) is 17.6 Å². The molecule has 1 amide bonds. The van der Waals surface area contributed by atoms with Crippen LogP contribution in [-0.4, -0.2) is 41.7 Å². The van der Waals surface area contributed by atoms with Gasteiger partial charge in [0.1, 0.15) is 11.5 Å². The smallest absolute Gasteiger partial charge is 0.271 e. The van der Waals surface area contributed by atoms with Crippen molar-refractivity contribution in [1.29, 1.82) is 0 Å². The highest BCUT2D eigenvalue weighted by Gasteiger charge is 2.26. The molecular formula is C16H15ClN6O. The fraction of sp³-hybridized carbons (Fsp3) is 0.250. The van der Waals surface area contributed by atoms with Gasteiger partial charge in [-0.1, -0.05) is 11.6 Å². The third-order valence-corrected chi connectivity index (χ3v) is 4.46. The topological polar surface area (TPSA) is 68.8 Å². The van der Waals surface area contributed by atoms with Crippen molar-refractivity contribution in [3.63, 3.8) is 0 Å². The summed E-state index contributed by atoms with van der Waals surface area (Å²) in [4.78, 5) is 19.0. The summed E-state index contributed by atoms with van der Waals surface area (Å²) in [5.41, 5.74) is 0.528. The van der Waals surface area contributed by atoms with Crippen molar-refractivity contribution < 1.29 is 4.79 Å². The number of halogens is 1. The van der Waals surface area contributed by atoms with E-state index < -0.39 is 0 Å². The van der Waals surface area contributed by atoms with Crippen molar-refractivity contribution in [2.24, 2.45) is 0 Å². The van der Waals surface area contributed by atoms with Crippen LogP contribution in [0.5, 0.6) is 0 Å². The Morgan fingerprint density at radius 1 is 1.21 bits per heavy atom. The molecule has 122 valence electrons. The van der Waals surface area contributed by atoms with Gasteiger partial charge < -0.3 is 9.47 Å². The lowest BCUT2D eigenvalue weighted by atomic mass is 10.3. The number of hydrogen-bond acceptors (Lipinski definition) is 4. The van der Waals surface area contributed by atoms with Gasteiger partial charge in [-0.2, -0.15) is 0 Å². The largest absolute Gasteiger partial charge is 0.328 e. The zero-order valence-electron chi connectivity index (χ0n) is 13.1. The number of carbonyl (C=O) groups is 1. The molecule has 0 bridgehead atoms. The van der Waals surface area contributed by atoms with Crippen molar-refractivity contribution in [3.8, 4) is 5.82 Å². The molecular weight excluding hydrogens is 328 g/mol. The Labute approximate surface area is 143 Å². The summed E-state index contributed by atoms with van der Waals surface area (Å²) in [5.74, 6) is 2.15. The molecule has 0 spiro atoms. The van der Waals surface area contributed by atoms with E-state index >= 15 is 0 Å². The average Bonchev–Trinajstić information content (AvgIpc) is 3.22. The van der Waals surface area contributed by atoms with Gasteiger partial charge in [0.15, 0.2) is 11.6 Å². The van der Waals surface area contributed by atoms with E-state index in [-0.39, 0.29) is 5.91 Å². The summed E-state index contributed by atoms with van der Waals surface area (Å²) in [7, 11) is 0. The van der Waals surface area contributed by atoms with Crippen LogP contribution in [0, 0.1) is 6.92 Å². The molecule has 0 aliphatic carbocycles. The first kappa shape index (κ1) is 14.9. The second-order valence-electron chi connectivity index (χ2n) is 5.61. The van der Waals surface area contributed by atoms with Gasteiger partial charge in [-0.15, -0.1) is 10.2 Å². The molecule has 0 saturated carbocycles. The van der Waals surface area contributed by atoms with E-state index in [0.29, 0.717) is 36.2 Å². The molecule has 7 nitrogen and oxygen atoms in total. The number of amides is 1. The second kappa shape index (κ2) is 5.76. The molecule has 4 rings (SSSR count). The van der Waals surface area contributed by atoms with E-state index in [0.717, 1.165) is 11.6 Å². The van der Waals surface area contributed by atoms with E-state index in [2.05, 4.69) is 15.2 Å². The Morgan fingerprint density at radius 2 is 2.08 bits per heavy atom. The van der Waals surface area contributed by atoms with Gasteiger partial charge in [0.05, 0.1) is 11.6 Å². The van der Waals surface area contributed by atoms with Crippen LogP contribution in [0.1, 0.15) is 22.1 Å². The Hall–Kier alpha value is -2.67. The molecule has 0 atom stereocenters. The SMILES string of the molecule is Cc1nnc2n1CCN(C(=O)c1cccn1-c1ncccc1Cl)C2. The highest BCUT2D eigenvalue weighted by atomic mass is 35.5. The van der Waals surface area contributed by atoms with Crippen LogP contribution >= 0.6 is 11.6 Å². The van der Waals surface area contributed by atoms with Crippen LogP contribution in [0.25, 0.3) is 5.82 Å². The van der Waals surface area contributed by atoms with Crippen LogP contribution in [0.3, 0.4) is 0 Å². The summed E-state index contributed by atoms with van der Waals surface area (Å²) >= 11 is 6.22. The maximum atomic E-state index is 13.0. The van der Waals surface area contributed by atoms with Gasteiger partial charge in [-0.05, 0) is 31.2 Å². The molecule has 8 heteroatoms. The summed E-state index contributed by atoms with van der Waals surface area (Å²) in [6.07, 6.45) is 3.44. The molecule has 4 heterocycles. The Balaban J connectivity index is 1.65. The van der Waals surface area contributed by atoms with Gasteiger partial charge >= 0.3 is 0 Å². The molecule has 0 radical (unpaired) electrons. The number of rotatable bonds is 2. The molecule has 0 saturated heterocycles. The predicted octanol–water partition coefficient (Wildman–Crippen LogP) is 2.08. The van der Waals surface area contributed by atoms with Crippen LogP contribution < -0.4 is 0 Å². The highest BCUT2D eigenvalue weighted by Crippen LogP contribution is 2.22. The van der Waals surface area contributed by atoms with Crippen LogP contribution in [-0.2, 0) is 13.1 Å². The summed E-state index contributed by atoms with van der Waals surface area (Å²) in [6.45, 7) is 3.68. The Kier molecular flexibility index (Phi) is 3.57. The number of hydrogen-bond donors (Lipinski definition) is 0. The van der Waals surface area contributed by atoms with E-state index in [1.165, 1.54) is 0 Å². The van der Waals surface area contributed by atoms with Gasteiger partial charge in [-0.25, -0.2) is 4.98 Å². The molecule has 1 aliphatic heterocycles. The minimum atomic E-state index is -0.0753. The molecule has 0 aromatic carbocycles. The first-order valence-electron chi connectivity index (χ1n) is 7.61. The van der Waals surface area contributed by atoms with E-state index in [9.17, 15) is 4.79 Å². The fourth-order valence-electron chi connectivity index (χ4n) is 2.93. The summed E-state index contributed by atoms with van der Waals surface area (Å²) in [5, 5.41) is 8.71. The first-order chi connectivity index (χ1) is 11.6. The number of nitrogens with zero attached hydrogens (tertiary/aromatic N) is 6. The molecule has 24 heavy (non-hydrogen) atoms. The lowest BCUT2D eigenvalue weighted by Crippen LogP contribution is -2.39. The van der Waals surface area contributed by atoms with Gasteiger partial charge in [0.2, 0.25) is 0 Å². The Bertz CT molecular complexity index is 915. The Morgan fingerprint density at radius 3 is 2.92 bits per heavy atom. The zero-order valence-corrected chi connectivity index (χ0v) is 13.8. The third-order valence-electron chi connectivity index (χ3n) is 4.16. The summed E-state index contributed by atoms with van der Waals surface area (Å²) in [6, 6.07) is 7.10. The quantitative estimate of drug-likeness (QED) is 0.715. The van der Waals surface area contributed by atoms with Crippen molar-refractivity contribution in [3.05, 3.63) is 59.0 Å². The lowest BCUT2D eigenvalue weighted by Gasteiger charge is -2.28. The van der Waals surface area contributed by atoms with E-state index in [1.54, 1.807) is 40.1 Å². The van der Waals surface area contributed by atoms with Crippen molar-refractivity contribution in [2.75, 3.05) is 6.54 Å². The molecule has 0 N–H and O–H groups in total. The average molecular weight is 343 g/mol. The molecule has 3 aromatic rings. The summed E-state index contributed by atoms with van der Waals surface area (Å²) < 4.78 is 3.76. The van der Waals surface area contributed by atoms with Crippen molar-refractivity contribution >= 4 is 17.5 Å². The standard InChI is InChI=1S/C16H15ClN6O/c1-11-19-20-14-10-21(8-9-22(11)14)16(24)13-5-3-7-23(13)15-12(17)4-2-6-18-15/h2-7H,8-10H2,1H3. The van der Waals surface area contributed by atoms with Crippen LogP contribution in [0.4, 0.5) is 0 Å². The second-order valence-corrected chi connectivity index (χ2v) is 6.02. The number of aryl methyl sites for hydroxylation is 1. The lowest BCUT2D eigenvalue weighted by molar-refractivity contribution is 0.0698. The van der Waals surface area contributed by atoms with Gasteiger partial charge in [0.25, 0.3) is 5.91 Å². The maximum Gasteiger partial charge on any atom is 0.271 e. The number of fused-ring (bicyclic) bond motifs is 1. The highest BCUT2D eigenvalue weighted by molar-refractivity contribution is 6.32. The number of carbonyl (C=O) groups excluding carboxylic acids is 1. The normalized spacial score (nSPS) is 13.8.